The van der Waals surface area contributed by atoms with Gasteiger partial charge in [0.2, 0.25) is 10.0 Å². The van der Waals surface area contributed by atoms with Crippen molar-refractivity contribution in [1.82, 2.24) is 4.90 Å². The van der Waals surface area contributed by atoms with Gasteiger partial charge in [-0.25, -0.2) is 13.6 Å². The van der Waals surface area contributed by atoms with Crippen LogP contribution in [0.15, 0.2) is 107 Å². The van der Waals surface area contributed by atoms with Crippen LogP contribution in [0.25, 0.3) is 17.2 Å². The molecule has 10 heteroatoms. The molecule has 0 atom stereocenters. The minimum absolute atomic E-state index is 0.0245. The summed E-state index contributed by atoms with van der Waals surface area (Å²) in [7, 11) is -3.90. The highest BCUT2D eigenvalue weighted by Crippen LogP contribution is 2.35. The van der Waals surface area contributed by atoms with Gasteiger partial charge in [-0.1, -0.05) is 66.2 Å². The van der Waals surface area contributed by atoms with Crippen LogP contribution in [-0.4, -0.2) is 24.5 Å². The zero-order valence-electron chi connectivity index (χ0n) is 20.3. The van der Waals surface area contributed by atoms with Gasteiger partial charge in [-0.15, -0.1) is 0 Å². The molecule has 0 unspecified atom stereocenters. The molecule has 1 saturated heterocycles. The average molecular weight is 577 g/mol. The van der Waals surface area contributed by atoms with E-state index < -0.39 is 15.9 Å². The first-order valence-electron chi connectivity index (χ1n) is 11.7. The van der Waals surface area contributed by atoms with Gasteiger partial charge in [0, 0.05) is 10.6 Å². The third-order valence-corrected chi connectivity index (χ3v) is 8.01. The number of ether oxygens (including phenoxy) is 1. The van der Waals surface area contributed by atoms with Crippen molar-refractivity contribution in [2.24, 2.45) is 5.14 Å². The molecule has 0 spiro atoms. The molecule has 4 aromatic rings. The second kappa shape index (κ2) is 11.1. The molecule has 1 heterocycles. The third-order valence-electron chi connectivity index (χ3n) is 5.88. The number of primary sulfonamides is 1. The molecular formula is C29H21ClN2O5S2. The number of imide groups is 1. The molecule has 4 aromatic carbocycles. The molecule has 0 aromatic heterocycles. The summed E-state index contributed by atoms with van der Waals surface area (Å²) in [5, 5.41) is 5.59. The Hall–Kier alpha value is -3.89. The van der Waals surface area contributed by atoms with Crippen molar-refractivity contribution in [2.75, 3.05) is 0 Å². The maximum absolute atomic E-state index is 13.1. The molecule has 0 radical (unpaired) electrons. The summed E-state index contributed by atoms with van der Waals surface area (Å²) in [5.74, 6) is 0.808. The van der Waals surface area contributed by atoms with Gasteiger partial charge in [0.15, 0.2) is 0 Å². The number of amides is 2. The normalized spacial score (nSPS) is 14.7. The number of sulfonamides is 1. The Kier molecular flexibility index (Phi) is 7.58. The number of thioether (sulfide) groups is 1. The van der Waals surface area contributed by atoms with Crippen LogP contribution < -0.4 is 9.88 Å². The van der Waals surface area contributed by atoms with Crippen molar-refractivity contribution >= 4 is 50.6 Å². The summed E-state index contributed by atoms with van der Waals surface area (Å²) >= 11 is 6.80. The Balaban J connectivity index is 1.30. The van der Waals surface area contributed by atoms with Crippen LogP contribution in [0.5, 0.6) is 11.5 Å². The molecule has 2 N–H and O–H groups in total. The molecule has 39 heavy (non-hydrogen) atoms. The summed E-state index contributed by atoms with van der Waals surface area (Å²) in [6, 6.07) is 27.6. The third kappa shape index (κ3) is 6.23. The molecule has 196 valence electrons. The molecule has 5 rings (SSSR count). The van der Waals surface area contributed by atoms with Crippen LogP contribution in [0.2, 0.25) is 5.02 Å². The first-order valence-corrected chi connectivity index (χ1v) is 14.4. The van der Waals surface area contributed by atoms with Gasteiger partial charge in [0.25, 0.3) is 11.1 Å². The lowest BCUT2D eigenvalue weighted by Crippen LogP contribution is -2.27. The fourth-order valence-electron chi connectivity index (χ4n) is 4.02. The summed E-state index contributed by atoms with van der Waals surface area (Å²) in [5.41, 5.74) is 2.56. The van der Waals surface area contributed by atoms with E-state index in [-0.39, 0.29) is 16.7 Å². The summed E-state index contributed by atoms with van der Waals surface area (Å²) < 4.78 is 29.8. The maximum Gasteiger partial charge on any atom is 0.293 e. The lowest BCUT2D eigenvalue weighted by molar-refractivity contribution is -0.123. The second-order valence-electron chi connectivity index (χ2n) is 8.63. The van der Waals surface area contributed by atoms with E-state index in [1.165, 1.54) is 11.0 Å². The highest BCUT2D eigenvalue weighted by atomic mass is 35.5. The quantitative estimate of drug-likeness (QED) is 0.246. The Morgan fingerprint density at radius 2 is 1.59 bits per heavy atom. The Bertz CT molecular complexity index is 1700. The van der Waals surface area contributed by atoms with Crippen molar-refractivity contribution < 1.29 is 22.7 Å². The van der Waals surface area contributed by atoms with E-state index in [1.807, 2.05) is 6.07 Å². The van der Waals surface area contributed by atoms with Crippen LogP contribution in [-0.2, 0) is 21.4 Å². The van der Waals surface area contributed by atoms with E-state index in [4.69, 9.17) is 21.5 Å². The van der Waals surface area contributed by atoms with Gasteiger partial charge >= 0.3 is 0 Å². The van der Waals surface area contributed by atoms with E-state index >= 15 is 0 Å². The Morgan fingerprint density at radius 3 is 2.31 bits per heavy atom. The minimum Gasteiger partial charge on any atom is -0.457 e. The Morgan fingerprint density at radius 1 is 0.872 bits per heavy atom. The Labute approximate surface area is 234 Å². The number of benzene rings is 4. The molecule has 1 aliphatic heterocycles. The van der Waals surface area contributed by atoms with E-state index in [1.54, 1.807) is 91.0 Å². The van der Waals surface area contributed by atoms with Gasteiger partial charge in [-0.2, -0.15) is 0 Å². The van der Waals surface area contributed by atoms with E-state index in [2.05, 4.69) is 0 Å². The molecule has 1 fully saturated rings. The molecule has 7 nitrogen and oxygen atoms in total. The average Bonchev–Trinajstić information content (AvgIpc) is 3.17. The topological polar surface area (TPSA) is 107 Å². The number of nitrogens with two attached hydrogens (primary N) is 1. The van der Waals surface area contributed by atoms with Crippen LogP contribution in [0.3, 0.4) is 0 Å². The maximum atomic E-state index is 13.1. The molecule has 1 aliphatic rings. The highest BCUT2D eigenvalue weighted by Gasteiger charge is 2.35. The molecule has 2 amide bonds. The molecule has 0 aliphatic carbocycles. The van der Waals surface area contributed by atoms with Gasteiger partial charge in [0.05, 0.1) is 16.3 Å². The molecular weight excluding hydrogens is 556 g/mol. The predicted molar refractivity (Wildman–Crippen MR) is 153 cm³/mol. The van der Waals surface area contributed by atoms with Gasteiger partial charge in [-0.3, -0.25) is 14.5 Å². The number of hydrogen-bond acceptors (Lipinski definition) is 6. The van der Waals surface area contributed by atoms with E-state index in [0.29, 0.717) is 43.7 Å². The zero-order valence-corrected chi connectivity index (χ0v) is 22.7. The number of hydrogen-bond donors (Lipinski definition) is 1. The fraction of sp³-hybridized carbons (Fsp3) is 0.0345. The SMILES string of the molecule is NS(=O)(=O)c1ccccc1-c1ccc(CN2C(=O)S/C(=C\c3cccc(Oc4ccc(Cl)cc4)c3)C2=O)cc1. The van der Waals surface area contributed by atoms with Crippen LogP contribution in [0.4, 0.5) is 4.79 Å². The van der Waals surface area contributed by atoms with Gasteiger partial charge in [-0.05, 0) is 77.0 Å². The van der Waals surface area contributed by atoms with Crippen molar-refractivity contribution in [3.05, 3.63) is 118 Å². The lowest BCUT2D eigenvalue weighted by Gasteiger charge is -2.13. The summed E-state index contributed by atoms with van der Waals surface area (Å²) in [6.07, 6.45) is 1.66. The highest BCUT2D eigenvalue weighted by molar-refractivity contribution is 8.18. The number of rotatable bonds is 7. The minimum atomic E-state index is -3.90. The zero-order chi connectivity index (χ0) is 27.6. The summed E-state index contributed by atoms with van der Waals surface area (Å²) in [4.78, 5) is 27.3. The molecule has 0 saturated carbocycles. The smallest absolute Gasteiger partial charge is 0.293 e. The standard InChI is InChI=1S/C29H21ClN2O5S2/c30-22-12-14-23(15-13-22)37-24-5-3-4-20(16-24)17-26-28(33)32(29(34)38-26)18-19-8-10-21(11-9-19)25-6-1-2-7-27(25)39(31,35)36/h1-17H,18H2,(H2,31,35,36)/b26-17-. The number of carbonyl (C=O) groups excluding carboxylic acids is 2. The van der Waals surface area contributed by atoms with Gasteiger partial charge < -0.3 is 4.74 Å². The van der Waals surface area contributed by atoms with Gasteiger partial charge in [0.1, 0.15) is 11.5 Å². The van der Waals surface area contributed by atoms with Crippen LogP contribution >= 0.6 is 23.4 Å². The largest absolute Gasteiger partial charge is 0.457 e. The van der Waals surface area contributed by atoms with Crippen LogP contribution in [0.1, 0.15) is 11.1 Å². The monoisotopic (exact) mass is 576 g/mol. The second-order valence-corrected chi connectivity index (χ2v) is 11.6. The van der Waals surface area contributed by atoms with Crippen molar-refractivity contribution in [3.63, 3.8) is 0 Å². The molecule has 0 bridgehead atoms. The fourth-order valence-corrected chi connectivity index (χ4v) is 5.74. The van der Waals surface area contributed by atoms with Crippen molar-refractivity contribution in [2.45, 2.75) is 11.4 Å². The van der Waals surface area contributed by atoms with Crippen molar-refractivity contribution in [1.29, 1.82) is 0 Å². The first kappa shape index (κ1) is 26.7. The lowest BCUT2D eigenvalue weighted by atomic mass is 10.0. The number of halogens is 1. The van der Waals surface area contributed by atoms with Crippen molar-refractivity contribution in [3.8, 4) is 22.6 Å². The van der Waals surface area contributed by atoms with E-state index in [9.17, 15) is 18.0 Å². The number of nitrogens with zero attached hydrogens (tertiary/aromatic N) is 1. The first-order chi connectivity index (χ1) is 18.7. The predicted octanol–water partition coefficient (Wildman–Crippen LogP) is 6.68. The summed E-state index contributed by atoms with van der Waals surface area (Å²) in [6.45, 7) is 0.0822. The van der Waals surface area contributed by atoms with E-state index in [0.717, 1.165) is 11.8 Å². The number of carbonyl (C=O) groups is 2. The van der Waals surface area contributed by atoms with Crippen LogP contribution in [0, 0.1) is 0 Å².